The first-order chi connectivity index (χ1) is 11.7. The van der Waals surface area contributed by atoms with Crippen LogP contribution in [-0.4, -0.2) is 67.2 Å². The summed E-state index contributed by atoms with van der Waals surface area (Å²) < 4.78 is 41.6. The monoisotopic (exact) mass is 379 g/mol. The van der Waals surface area contributed by atoms with E-state index in [2.05, 4.69) is 0 Å². The zero-order valence-corrected chi connectivity index (χ0v) is 13.9. The molecule has 25 heavy (non-hydrogen) atoms. The highest BCUT2D eigenvalue weighted by Gasteiger charge is 2.30. The van der Waals surface area contributed by atoms with Crippen molar-refractivity contribution in [3.63, 3.8) is 0 Å². The Kier molecular flexibility index (Phi) is 6.35. The molecule has 1 aromatic rings. The van der Waals surface area contributed by atoms with Crippen LogP contribution in [0.4, 0.5) is 18.0 Å². The van der Waals surface area contributed by atoms with Crippen LogP contribution >= 0.6 is 11.6 Å². The summed E-state index contributed by atoms with van der Waals surface area (Å²) in [5.41, 5.74) is 0. The fraction of sp³-hybridized carbons (Fsp3) is 0.467. The van der Waals surface area contributed by atoms with Gasteiger partial charge in [-0.15, -0.1) is 0 Å². The quantitative estimate of drug-likeness (QED) is 0.871. The number of rotatable bonds is 4. The number of carbonyl (C=O) groups is 2. The van der Waals surface area contributed by atoms with Gasteiger partial charge in [-0.1, -0.05) is 11.6 Å². The standard InChI is InChI=1S/C15H17ClF3N3O3/c16-11-1-3-12(4-2-11)25-9-13(23)21-5-7-22(8-6-21)14(24)20-10-15(17,18)19/h1-4H,5-10H2,(H,20,24). The molecule has 0 saturated carbocycles. The van der Waals surface area contributed by atoms with Gasteiger partial charge in [0, 0.05) is 31.2 Å². The number of ether oxygens (including phenoxy) is 1. The molecule has 0 spiro atoms. The molecule has 1 aromatic carbocycles. The molecule has 6 nitrogen and oxygen atoms in total. The van der Waals surface area contributed by atoms with Gasteiger partial charge in [0.25, 0.3) is 5.91 Å². The van der Waals surface area contributed by atoms with Crippen molar-refractivity contribution in [1.29, 1.82) is 0 Å². The van der Waals surface area contributed by atoms with E-state index in [1.807, 2.05) is 5.32 Å². The Labute approximate surface area is 147 Å². The molecule has 1 aliphatic heterocycles. The Bertz CT molecular complexity index is 602. The lowest BCUT2D eigenvalue weighted by Gasteiger charge is -2.34. The summed E-state index contributed by atoms with van der Waals surface area (Å²) in [6.45, 7) is -0.737. The van der Waals surface area contributed by atoms with Gasteiger partial charge in [-0.25, -0.2) is 4.79 Å². The summed E-state index contributed by atoms with van der Waals surface area (Å²) in [6, 6.07) is 5.76. The van der Waals surface area contributed by atoms with E-state index in [1.54, 1.807) is 24.3 Å². The molecule has 0 radical (unpaired) electrons. The zero-order valence-electron chi connectivity index (χ0n) is 13.2. The van der Waals surface area contributed by atoms with Crippen molar-refractivity contribution in [3.8, 4) is 5.75 Å². The largest absolute Gasteiger partial charge is 0.484 e. The third-order valence-corrected chi connectivity index (χ3v) is 3.79. The highest BCUT2D eigenvalue weighted by atomic mass is 35.5. The molecule has 0 aliphatic carbocycles. The van der Waals surface area contributed by atoms with E-state index in [0.29, 0.717) is 10.8 Å². The van der Waals surface area contributed by atoms with Crippen molar-refractivity contribution in [2.75, 3.05) is 39.3 Å². The zero-order chi connectivity index (χ0) is 18.4. The summed E-state index contributed by atoms with van der Waals surface area (Å²) in [5, 5.41) is 2.36. The first-order valence-corrected chi connectivity index (χ1v) is 7.88. The van der Waals surface area contributed by atoms with Crippen molar-refractivity contribution in [2.24, 2.45) is 0 Å². The Morgan fingerprint density at radius 2 is 1.64 bits per heavy atom. The number of amides is 3. The highest BCUT2D eigenvalue weighted by molar-refractivity contribution is 6.30. The summed E-state index contributed by atoms with van der Waals surface area (Å²) in [7, 11) is 0. The maximum atomic E-state index is 12.1. The van der Waals surface area contributed by atoms with E-state index >= 15 is 0 Å². The number of hydrogen-bond donors (Lipinski definition) is 1. The van der Waals surface area contributed by atoms with Gasteiger partial charge in [-0.05, 0) is 24.3 Å². The van der Waals surface area contributed by atoms with Crippen molar-refractivity contribution in [1.82, 2.24) is 15.1 Å². The van der Waals surface area contributed by atoms with Crippen molar-refractivity contribution >= 4 is 23.5 Å². The van der Waals surface area contributed by atoms with E-state index in [9.17, 15) is 22.8 Å². The third kappa shape index (κ3) is 6.33. The number of benzene rings is 1. The maximum Gasteiger partial charge on any atom is 0.405 e. The molecule has 1 saturated heterocycles. The van der Waals surface area contributed by atoms with Crippen LogP contribution in [0.2, 0.25) is 5.02 Å². The summed E-state index contributed by atoms with van der Waals surface area (Å²) in [4.78, 5) is 26.5. The van der Waals surface area contributed by atoms with Crippen LogP contribution in [0.25, 0.3) is 0 Å². The molecule has 1 aliphatic rings. The first-order valence-electron chi connectivity index (χ1n) is 7.50. The lowest BCUT2D eigenvalue weighted by Crippen LogP contribution is -2.54. The van der Waals surface area contributed by atoms with Gasteiger partial charge < -0.3 is 19.9 Å². The normalized spacial score (nSPS) is 15.0. The number of piperazine rings is 1. The Balaban J connectivity index is 1.72. The van der Waals surface area contributed by atoms with Gasteiger partial charge in [0.15, 0.2) is 6.61 Å². The molecule has 1 heterocycles. The van der Waals surface area contributed by atoms with Crippen LogP contribution in [0, 0.1) is 0 Å². The Morgan fingerprint density at radius 1 is 1.08 bits per heavy atom. The number of carbonyl (C=O) groups excluding carboxylic acids is 2. The SMILES string of the molecule is O=C(COc1ccc(Cl)cc1)N1CCN(C(=O)NCC(F)(F)F)CC1. The van der Waals surface area contributed by atoms with E-state index in [0.717, 1.165) is 0 Å². The molecule has 138 valence electrons. The minimum atomic E-state index is -4.45. The molecule has 0 bridgehead atoms. The van der Waals surface area contributed by atoms with Crippen LogP contribution < -0.4 is 10.1 Å². The number of nitrogens with one attached hydrogen (secondary N) is 1. The molecule has 0 aromatic heterocycles. The molecule has 10 heteroatoms. The summed E-state index contributed by atoms with van der Waals surface area (Å²) >= 11 is 5.75. The number of halogens is 4. The fourth-order valence-electron chi connectivity index (χ4n) is 2.21. The predicted molar refractivity (Wildman–Crippen MR) is 84.6 cm³/mol. The van der Waals surface area contributed by atoms with E-state index in [1.165, 1.54) is 9.80 Å². The number of alkyl halides is 3. The number of hydrogen-bond acceptors (Lipinski definition) is 3. The van der Waals surface area contributed by atoms with Crippen LogP contribution in [0.15, 0.2) is 24.3 Å². The van der Waals surface area contributed by atoms with Crippen LogP contribution in [0.5, 0.6) is 5.75 Å². The fourth-order valence-corrected chi connectivity index (χ4v) is 2.34. The Hall–Kier alpha value is -2.16. The van der Waals surface area contributed by atoms with Crippen LogP contribution in [-0.2, 0) is 4.79 Å². The third-order valence-electron chi connectivity index (χ3n) is 3.54. The maximum absolute atomic E-state index is 12.1. The Morgan fingerprint density at radius 3 is 2.20 bits per heavy atom. The lowest BCUT2D eigenvalue weighted by atomic mass is 10.3. The minimum absolute atomic E-state index is 0.163. The summed E-state index contributed by atoms with van der Waals surface area (Å²) in [6.07, 6.45) is -4.45. The van der Waals surface area contributed by atoms with Gasteiger partial charge in [-0.3, -0.25) is 4.79 Å². The molecular formula is C15H17ClF3N3O3. The average molecular weight is 380 g/mol. The topological polar surface area (TPSA) is 61.9 Å². The summed E-state index contributed by atoms with van der Waals surface area (Å²) in [5.74, 6) is 0.244. The van der Waals surface area contributed by atoms with E-state index < -0.39 is 18.8 Å². The van der Waals surface area contributed by atoms with E-state index in [4.69, 9.17) is 16.3 Å². The second-order valence-electron chi connectivity index (χ2n) is 5.38. The molecular weight excluding hydrogens is 363 g/mol. The smallest absolute Gasteiger partial charge is 0.405 e. The first kappa shape index (κ1) is 19.2. The number of urea groups is 1. The predicted octanol–water partition coefficient (Wildman–Crippen LogP) is 2.13. The number of nitrogens with zero attached hydrogens (tertiary/aromatic N) is 2. The van der Waals surface area contributed by atoms with Gasteiger partial charge >= 0.3 is 12.2 Å². The van der Waals surface area contributed by atoms with Gasteiger partial charge in [0.2, 0.25) is 0 Å². The second kappa shape index (κ2) is 8.28. The molecule has 0 atom stereocenters. The average Bonchev–Trinajstić information content (AvgIpc) is 2.58. The van der Waals surface area contributed by atoms with Crippen molar-refractivity contribution < 1.29 is 27.5 Å². The highest BCUT2D eigenvalue weighted by Crippen LogP contribution is 2.16. The minimum Gasteiger partial charge on any atom is -0.484 e. The van der Waals surface area contributed by atoms with Gasteiger partial charge in [-0.2, -0.15) is 13.2 Å². The van der Waals surface area contributed by atoms with E-state index in [-0.39, 0.29) is 38.7 Å². The van der Waals surface area contributed by atoms with Crippen molar-refractivity contribution in [3.05, 3.63) is 29.3 Å². The van der Waals surface area contributed by atoms with Crippen LogP contribution in [0.1, 0.15) is 0 Å². The van der Waals surface area contributed by atoms with Crippen molar-refractivity contribution in [2.45, 2.75) is 6.18 Å². The van der Waals surface area contributed by atoms with Crippen LogP contribution in [0.3, 0.4) is 0 Å². The molecule has 0 unspecified atom stereocenters. The second-order valence-corrected chi connectivity index (χ2v) is 5.82. The molecule has 3 amide bonds. The van der Waals surface area contributed by atoms with Gasteiger partial charge in [0.1, 0.15) is 12.3 Å². The molecule has 1 N–H and O–H groups in total. The molecule has 1 fully saturated rings. The molecule has 2 rings (SSSR count). The van der Waals surface area contributed by atoms with Gasteiger partial charge in [0.05, 0.1) is 0 Å². The lowest BCUT2D eigenvalue weighted by molar-refractivity contribution is -0.134.